The molecule has 0 saturated carbocycles. The molecule has 1 N–H and O–H groups in total. The van der Waals surface area contributed by atoms with Crippen LogP contribution in [0.2, 0.25) is 0 Å². The van der Waals surface area contributed by atoms with Crippen molar-refractivity contribution in [2.75, 3.05) is 45.8 Å². The molecular weight excluding hydrogens is 258 g/mol. The molecule has 0 radical (unpaired) electrons. The molecule has 0 aromatic rings. The summed E-state index contributed by atoms with van der Waals surface area (Å²) in [5, 5.41) is 3.78. The molecule has 2 rings (SSSR count). The zero-order valence-electron chi connectivity index (χ0n) is 14.4. The van der Waals surface area contributed by atoms with E-state index in [-0.39, 0.29) is 0 Å². The van der Waals surface area contributed by atoms with E-state index in [9.17, 15) is 0 Å². The third-order valence-electron chi connectivity index (χ3n) is 5.08. The quantitative estimate of drug-likeness (QED) is 0.760. The first-order chi connectivity index (χ1) is 10.1. The molecule has 21 heavy (non-hydrogen) atoms. The summed E-state index contributed by atoms with van der Waals surface area (Å²) in [5.74, 6) is 0.944. The number of hydrogen-bond donors (Lipinski definition) is 1. The molecule has 0 aromatic carbocycles. The second-order valence-electron chi connectivity index (χ2n) is 7.33. The lowest BCUT2D eigenvalue weighted by Gasteiger charge is -2.33. The van der Waals surface area contributed by atoms with Crippen molar-refractivity contribution >= 4 is 0 Å². The standard InChI is InChI=1S/C18H35N3/c1-16(2)4-10-20-13-7-18(8-14-20)19-9-15-21-11-5-17(3)6-12-21/h4,17-19H,5-15H2,1-3H3. The number of hydrogen-bond acceptors (Lipinski definition) is 3. The van der Waals surface area contributed by atoms with E-state index in [0.717, 1.165) is 18.5 Å². The Morgan fingerprint density at radius 3 is 2.24 bits per heavy atom. The Bertz CT molecular complexity index is 306. The van der Waals surface area contributed by atoms with Gasteiger partial charge in [-0.05, 0) is 71.6 Å². The van der Waals surface area contributed by atoms with Gasteiger partial charge in [-0.25, -0.2) is 0 Å². The first kappa shape index (κ1) is 17.0. The molecule has 3 heteroatoms. The minimum Gasteiger partial charge on any atom is -0.313 e. The van der Waals surface area contributed by atoms with Crippen LogP contribution in [-0.2, 0) is 0 Å². The predicted molar refractivity (Wildman–Crippen MR) is 91.7 cm³/mol. The van der Waals surface area contributed by atoms with E-state index in [4.69, 9.17) is 0 Å². The van der Waals surface area contributed by atoms with Crippen LogP contribution in [0.25, 0.3) is 0 Å². The Kier molecular flexibility index (Phi) is 7.21. The summed E-state index contributed by atoms with van der Waals surface area (Å²) < 4.78 is 0. The van der Waals surface area contributed by atoms with Crippen molar-refractivity contribution in [1.82, 2.24) is 15.1 Å². The Hall–Kier alpha value is -0.380. The molecule has 0 amide bonds. The van der Waals surface area contributed by atoms with Crippen molar-refractivity contribution in [3.8, 4) is 0 Å². The molecule has 3 nitrogen and oxygen atoms in total. The van der Waals surface area contributed by atoms with Gasteiger partial charge in [-0.1, -0.05) is 18.6 Å². The maximum absolute atomic E-state index is 3.78. The van der Waals surface area contributed by atoms with Crippen LogP contribution in [0.15, 0.2) is 11.6 Å². The van der Waals surface area contributed by atoms with Crippen LogP contribution in [0.1, 0.15) is 46.5 Å². The lowest BCUT2D eigenvalue weighted by atomic mass is 9.99. The SMILES string of the molecule is CC(C)=CCN1CCC(NCCN2CCC(C)CC2)CC1. The number of allylic oxidation sites excluding steroid dienone is 1. The molecule has 2 heterocycles. The van der Waals surface area contributed by atoms with Crippen molar-refractivity contribution in [3.05, 3.63) is 11.6 Å². The number of piperidine rings is 2. The van der Waals surface area contributed by atoms with Crippen LogP contribution in [0.4, 0.5) is 0 Å². The minimum atomic E-state index is 0.747. The van der Waals surface area contributed by atoms with E-state index < -0.39 is 0 Å². The molecule has 2 aliphatic rings. The molecule has 122 valence electrons. The second-order valence-corrected chi connectivity index (χ2v) is 7.33. The van der Waals surface area contributed by atoms with Gasteiger partial charge < -0.3 is 10.2 Å². The van der Waals surface area contributed by atoms with Crippen LogP contribution in [0.5, 0.6) is 0 Å². The Labute approximate surface area is 131 Å². The second kappa shape index (κ2) is 8.92. The summed E-state index contributed by atoms with van der Waals surface area (Å²) in [6, 6.07) is 0.747. The summed E-state index contributed by atoms with van der Waals surface area (Å²) >= 11 is 0. The van der Waals surface area contributed by atoms with E-state index in [1.807, 2.05) is 0 Å². The van der Waals surface area contributed by atoms with Crippen molar-refractivity contribution in [2.24, 2.45) is 5.92 Å². The molecule has 0 spiro atoms. The van der Waals surface area contributed by atoms with Crippen molar-refractivity contribution in [2.45, 2.75) is 52.5 Å². The summed E-state index contributed by atoms with van der Waals surface area (Å²) in [7, 11) is 0. The molecule has 2 aliphatic heterocycles. The first-order valence-corrected chi connectivity index (χ1v) is 8.95. The fraction of sp³-hybridized carbons (Fsp3) is 0.889. The third-order valence-corrected chi connectivity index (χ3v) is 5.08. The van der Waals surface area contributed by atoms with E-state index in [1.54, 1.807) is 0 Å². The predicted octanol–water partition coefficient (Wildman–Crippen LogP) is 2.74. The maximum Gasteiger partial charge on any atom is 0.0165 e. The first-order valence-electron chi connectivity index (χ1n) is 8.95. The van der Waals surface area contributed by atoms with Gasteiger partial charge in [0.2, 0.25) is 0 Å². The average molecular weight is 293 g/mol. The highest BCUT2D eigenvalue weighted by Gasteiger charge is 2.19. The summed E-state index contributed by atoms with van der Waals surface area (Å²) in [6.07, 6.45) is 7.76. The van der Waals surface area contributed by atoms with Crippen LogP contribution in [0, 0.1) is 5.92 Å². The van der Waals surface area contributed by atoms with Gasteiger partial charge in [0.25, 0.3) is 0 Å². The number of nitrogens with one attached hydrogen (secondary N) is 1. The molecule has 0 aromatic heterocycles. The lowest BCUT2D eigenvalue weighted by Crippen LogP contribution is -2.45. The fourth-order valence-corrected chi connectivity index (χ4v) is 3.34. The number of likely N-dealkylation sites (tertiary alicyclic amines) is 2. The van der Waals surface area contributed by atoms with E-state index in [0.29, 0.717) is 0 Å². The van der Waals surface area contributed by atoms with E-state index >= 15 is 0 Å². The molecule has 0 bridgehead atoms. The molecule has 0 unspecified atom stereocenters. The Morgan fingerprint density at radius 1 is 1.00 bits per heavy atom. The van der Waals surface area contributed by atoms with Gasteiger partial charge in [-0.2, -0.15) is 0 Å². The normalized spacial score (nSPS) is 23.4. The van der Waals surface area contributed by atoms with Crippen molar-refractivity contribution < 1.29 is 0 Å². The lowest BCUT2D eigenvalue weighted by molar-refractivity contribution is 0.180. The maximum atomic E-state index is 3.78. The van der Waals surface area contributed by atoms with Crippen molar-refractivity contribution in [1.29, 1.82) is 0 Å². The smallest absolute Gasteiger partial charge is 0.0165 e. The Balaban J connectivity index is 1.54. The largest absolute Gasteiger partial charge is 0.313 e. The summed E-state index contributed by atoms with van der Waals surface area (Å²) in [5.41, 5.74) is 1.44. The zero-order valence-corrected chi connectivity index (χ0v) is 14.4. The van der Waals surface area contributed by atoms with Gasteiger partial charge >= 0.3 is 0 Å². The average Bonchev–Trinajstić information content (AvgIpc) is 2.48. The van der Waals surface area contributed by atoms with Gasteiger partial charge in [0.1, 0.15) is 0 Å². The highest BCUT2D eigenvalue weighted by atomic mass is 15.2. The van der Waals surface area contributed by atoms with Crippen LogP contribution in [-0.4, -0.2) is 61.7 Å². The number of rotatable bonds is 6. The van der Waals surface area contributed by atoms with Gasteiger partial charge in [0.15, 0.2) is 0 Å². The zero-order chi connectivity index (χ0) is 15.1. The van der Waals surface area contributed by atoms with E-state index in [2.05, 4.69) is 42.0 Å². The summed E-state index contributed by atoms with van der Waals surface area (Å²) in [4.78, 5) is 5.22. The molecule has 2 saturated heterocycles. The number of nitrogens with zero attached hydrogens (tertiary/aromatic N) is 2. The molecule has 0 aliphatic carbocycles. The van der Waals surface area contributed by atoms with Gasteiger partial charge in [-0.15, -0.1) is 0 Å². The molecular formula is C18H35N3. The Morgan fingerprint density at radius 2 is 1.62 bits per heavy atom. The van der Waals surface area contributed by atoms with Gasteiger partial charge in [-0.3, -0.25) is 4.90 Å². The molecule has 2 fully saturated rings. The minimum absolute atomic E-state index is 0.747. The van der Waals surface area contributed by atoms with Crippen LogP contribution < -0.4 is 5.32 Å². The monoisotopic (exact) mass is 293 g/mol. The summed E-state index contributed by atoms with van der Waals surface area (Å²) in [6.45, 7) is 15.4. The van der Waals surface area contributed by atoms with Gasteiger partial charge in [0, 0.05) is 25.7 Å². The van der Waals surface area contributed by atoms with E-state index in [1.165, 1.54) is 70.5 Å². The molecule has 0 atom stereocenters. The van der Waals surface area contributed by atoms with Crippen molar-refractivity contribution in [3.63, 3.8) is 0 Å². The highest BCUT2D eigenvalue weighted by Crippen LogP contribution is 2.15. The van der Waals surface area contributed by atoms with Crippen LogP contribution in [0.3, 0.4) is 0 Å². The fourth-order valence-electron chi connectivity index (χ4n) is 3.34. The highest BCUT2D eigenvalue weighted by molar-refractivity contribution is 4.95. The third kappa shape index (κ3) is 6.50. The van der Waals surface area contributed by atoms with Gasteiger partial charge in [0.05, 0.1) is 0 Å². The van der Waals surface area contributed by atoms with Crippen LogP contribution >= 0.6 is 0 Å². The topological polar surface area (TPSA) is 18.5 Å².